The molecule has 0 aromatic heterocycles. The molecule has 2 saturated carbocycles. The van der Waals surface area contributed by atoms with Gasteiger partial charge in [0.05, 0.1) is 0 Å². The standard InChI is InChI=1S/C18H19F5O2/c19-15-7-14(8-16(20)17(15)25-18(21,22)23)13-4-3-11-5-10(9-24)1-2-12(11)6-13/h7-13H,1-6H2. The fourth-order valence-electron chi connectivity index (χ4n) is 4.38. The third-order valence-corrected chi connectivity index (χ3v) is 5.56. The van der Waals surface area contributed by atoms with Crippen molar-refractivity contribution in [1.29, 1.82) is 0 Å². The van der Waals surface area contributed by atoms with Gasteiger partial charge in [0.2, 0.25) is 5.75 Å². The monoisotopic (exact) mass is 362 g/mol. The summed E-state index contributed by atoms with van der Waals surface area (Å²) < 4.78 is 67.9. The quantitative estimate of drug-likeness (QED) is 0.534. The fourth-order valence-corrected chi connectivity index (χ4v) is 4.38. The van der Waals surface area contributed by atoms with Crippen LogP contribution in [0.2, 0.25) is 0 Å². The Balaban J connectivity index is 1.74. The fraction of sp³-hybridized carbons (Fsp3) is 0.611. The van der Waals surface area contributed by atoms with Crippen molar-refractivity contribution in [2.75, 3.05) is 0 Å². The molecule has 2 aliphatic rings. The topological polar surface area (TPSA) is 26.3 Å². The summed E-state index contributed by atoms with van der Waals surface area (Å²) in [5.74, 6) is -3.21. The molecule has 0 bridgehead atoms. The van der Waals surface area contributed by atoms with Gasteiger partial charge in [-0.05, 0) is 74.0 Å². The first-order chi connectivity index (χ1) is 11.8. The van der Waals surface area contributed by atoms with Crippen molar-refractivity contribution >= 4 is 6.29 Å². The van der Waals surface area contributed by atoms with E-state index < -0.39 is 23.7 Å². The van der Waals surface area contributed by atoms with Gasteiger partial charge in [0.15, 0.2) is 11.6 Å². The molecule has 2 fully saturated rings. The Bertz CT molecular complexity index is 620. The van der Waals surface area contributed by atoms with Crippen molar-refractivity contribution in [3.05, 3.63) is 29.3 Å². The number of fused-ring (bicyclic) bond motifs is 1. The first-order valence-electron chi connectivity index (χ1n) is 8.46. The molecule has 25 heavy (non-hydrogen) atoms. The molecular formula is C18H19F5O2. The van der Waals surface area contributed by atoms with Gasteiger partial charge >= 0.3 is 6.36 Å². The zero-order valence-electron chi connectivity index (χ0n) is 13.5. The van der Waals surface area contributed by atoms with Crippen LogP contribution in [0.5, 0.6) is 5.75 Å². The Morgan fingerprint density at radius 3 is 2.16 bits per heavy atom. The van der Waals surface area contributed by atoms with Crippen molar-refractivity contribution in [3.63, 3.8) is 0 Å². The number of alkyl halides is 3. The number of carbonyl (C=O) groups is 1. The van der Waals surface area contributed by atoms with E-state index in [1.807, 2.05) is 0 Å². The summed E-state index contributed by atoms with van der Waals surface area (Å²) in [6.45, 7) is 0. The molecule has 0 amide bonds. The van der Waals surface area contributed by atoms with Crippen LogP contribution in [-0.4, -0.2) is 12.6 Å². The van der Waals surface area contributed by atoms with Gasteiger partial charge in [-0.15, -0.1) is 13.2 Å². The van der Waals surface area contributed by atoms with Gasteiger partial charge < -0.3 is 9.53 Å². The van der Waals surface area contributed by atoms with E-state index in [-0.39, 0.29) is 11.8 Å². The largest absolute Gasteiger partial charge is 0.573 e. The SMILES string of the molecule is O=CC1CCC2CC(c3cc(F)c(OC(F)(F)F)c(F)c3)CCC2C1. The van der Waals surface area contributed by atoms with E-state index in [1.54, 1.807) is 0 Å². The molecule has 0 heterocycles. The van der Waals surface area contributed by atoms with Gasteiger partial charge in [-0.25, -0.2) is 8.78 Å². The van der Waals surface area contributed by atoms with E-state index >= 15 is 0 Å². The molecule has 0 aliphatic heterocycles. The van der Waals surface area contributed by atoms with Crippen LogP contribution in [-0.2, 0) is 4.79 Å². The Morgan fingerprint density at radius 1 is 0.960 bits per heavy atom. The van der Waals surface area contributed by atoms with Crippen LogP contribution < -0.4 is 4.74 Å². The lowest BCUT2D eigenvalue weighted by Gasteiger charge is -2.41. The maximum atomic E-state index is 13.9. The molecule has 3 rings (SSSR count). The summed E-state index contributed by atoms with van der Waals surface area (Å²) in [6.07, 6.45) is 0.791. The molecule has 0 N–H and O–H groups in total. The van der Waals surface area contributed by atoms with Crippen LogP contribution >= 0.6 is 0 Å². The summed E-state index contributed by atoms with van der Waals surface area (Å²) in [5.41, 5.74) is 0.375. The van der Waals surface area contributed by atoms with Gasteiger partial charge in [0, 0.05) is 5.92 Å². The number of hydrogen-bond donors (Lipinski definition) is 0. The van der Waals surface area contributed by atoms with Crippen LogP contribution in [0.1, 0.15) is 50.0 Å². The molecule has 1 aromatic rings. The zero-order chi connectivity index (χ0) is 18.2. The number of ether oxygens (including phenoxy) is 1. The van der Waals surface area contributed by atoms with Crippen LogP contribution in [0.25, 0.3) is 0 Å². The van der Waals surface area contributed by atoms with Crippen molar-refractivity contribution in [2.24, 2.45) is 17.8 Å². The van der Waals surface area contributed by atoms with Crippen LogP contribution in [0.4, 0.5) is 22.0 Å². The molecule has 1 aromatic carbocycles. The summed E-state index contributed by atoms with van der Waals surface area (Å²) in [6, 6.07) is 1.90. The molecule has 0 saturated heterocycles. The van der Waals surface area contributed by atoms with Gasteiger partial charge in [-0.1, -0.05) is 0 Å². The van der Waals surface area contributed by atoms with Gasteiger partial charge in [-0.2, -0.15) is 0 Å². The lowest BCUT2D eigenvalue weighted by Crippen LogP contribution is -2.31. The van der Waals surface area contributed by atoms with E-state index in [4.69, 9.17) is 0 Å². The molecule has 2 aliphatic carbocycles. The molecule has 0 radical (unpaired) electrons. The number of carbonyl (C=O) groups excluding carboxylic acids is 1. The molecular weight excluding hydrogens is 343 g/mol. The first-order valence-corrected chi connectivity index (χ1v) is 8.46. The highest BCUT2D eigenvalue weighted by molar-refractivity contribution is 5.53. The summed E-state index contributed by atoms with van der Waals surface area (Å²) in [5, 5.41) is 0. The lowest BCUT2D eigenvalue weighted by atomic mass is 9.64. The number of benzene rings is 1. The first kappa shape index (κ1) is 18.1. The molecule has 2 nitrogen and oxygen atoms in total. The van der Waals surface area contributed by atoms with Crippen molar-refractivity contribution in [3.8, 4) is 5.75 Å². The highest BCUT2D eigenvalue weighted by Gasteiger charge is 2.37. The van der Waals surface area contributed by atoms with E-state index in [1.165, 1.54) is 0 Å². The minimum absolute atomic E-state index is 0.0852. The predicted molar refractivity (Wildman–Crippen MR) is 80.0 cm³/mol. The maximum Gasteiger partial charge on any atom is 0.573 e. The second-order valence-electron chi connectivity index (χ2n) is 7.10. The second-order valence-corrected chi connectivity index (χ2v) is 7.10. The maximum absolute atomic E-state index is 13.9. The average molecular weight is 362 g/mol. The smallest absolute Gasteiger partial charge is 0.399 e. The van der Waals surface area contributed by atoms with Gasteiger partial charge in [0.25, 0.3) is 0 Å². The third kappa shape index (κ3) is 4.12. The highest BCUT2D eigenvalue weighted by atomic mass is 19.4. The Hall–Kier alpha value is -1.66. The van der Waals surface area contributed by atoms with Crippen molar-refractivity contribution < 1.29 is 31.5 Å². The number of hydrogen-bond acceptors (Lipinski definition) is 2. The number of aldehydes is 1. The third-order valence-electron chi connectivity index (χ3n) is 5.56. The Morgan fingerprint density at radius 2 is 1.56 bits per heavy atom. The van der Waals surface area contributed by atoms with Gasteiger partial charge in [0.1, 0.15) is 6.29 Å². The zero-order valence-corrected chi connectivity index (χ0v) is 13.5. The highest BCUT2D eigenvalue weighted by Crippen LogP contribution is 2.47. The summed E-state index contributed by atoms with van der Waals surface area (Å²) >= 11 is 0. The van der Waals surface area contributed by atoms with E-state index in [0.717, 1.165) is 50.5 Å². The summed E-state index contributed by atoms with van der Waals surface area (Å²) in [4.78, 5) is 11.0. The predicted octanol–water partition coefficient (Wildman–Crippen LogP) is 5.36. The number of rotatable bonds is 3. The second kappa shape index (κ2) is 6.92. The molecule has 4 unspecified atom stereocenters. The average Bonchev–Trinajstić information content (AvgIpc) is 2.56. The minimum atomic E-state index is -5.14. The molecule has 4 atom stereocenters. The van der Waals surface area contributed by atoms with E-state index in [0.29, 0.717) is 23.8 Å². The Labute approximate surface area is 142 Å². The van der Waals surface area contributed by atoms with E-state index in [2.05, 4.69) is 4.74 Å². The van der Waals surface area contributed by atoms with Crippen LogP contribution in [0.3, 0.4) is 0 Å². The Kier molecular flexibility index (Phi) is 5.02. The van der Waals surface area contributed by atoms with E-state index in [9.17, 15) is 26.7 Å². The van der Waals surface area contributed by atoms with Crippen molar-refractivity contribution in [1.82, 2.24) is 0 Å². The molecule has 7 heteroatoms. The molecule has 138 valence electrons. The molecule has 0 spiro atoms. The minimum Gasteiger partial charge on any atom is -0.399 e. The van der Waals surface area contributed by atoms with Gasteiger partial charge in [-0.3, -0.25) is 0 Å². The van der Waals surface area contributed by atoms with Crippen molar-refractivity contribution in [2.45, 2.75) is 50.8 Å². The lowest BCUT2D eigenvalue weighted by molar-refractivity contribution is -0.276. The van der Waals surface area contributed by atoms with Crippen LogP contribution in [0.15, 0.2) is 12.1 Å². The number of halogens is 5. The normalized spacial score (nSPS) is 29.8. The van der Waals surface area contributed by atoms with Crippen LogP contribution in [0, 0.1) is 29.4 Å². The summed E-state index contributed by atoms with van der Waals surface area (Å²) in [7, 11) is 0.